The molecule has 0 saturated heterocycles. The highest BCUT2D eigenvalue weighted by Gasteiger charge is 2.35. The van der Waals surface area contributed by atoms with Crippen molar-refractivity contribution in [1.82, 2.24) is 9.88 Å². The molecule has 1 fully saturated rings. The van der Waals surface area contributed by atoms with Gasteiger partial charge in [0.25, 0.3) is 0 Å². The summed E-state index contributed by atoms with van der Waals surface area (Å²) in [6.07, 6.45) is -1.11. The molecule has 1 aromatic carbocycles. The zero-order valence-corrected chi connectivity index (χ0v) is 15.4. The minimum atomic E-state index is -4.39. The lowest BCUT2D eigenvalue weighted by Gasteiger charge is -2.29. The van der Waals surface area contributed by atoms with Crippen LogP contribution in [0.25, 0.3) is 0 Å². The average molecular weight is 398 g/mol. The van der Waals surface area contributed by atoms with E-state index in [1.54, 1.807) is 18.2 Å². The molecule has 0 spiro atoms. The summed E-state index contributed by atoms with van der Waals surface area (Å²) in [7, 11) is 0. The second-order valence-electron chi connectivity index (χ2n) is 6.61. The molecule has 0 aliphatic heterocycles. The highest BCUT2D eigenvalue weighted by Crippen LogP contribution is 2.36. The lowest BCUT2D eigenvalue weighted by molar-refractivity contribution is -0.137. The first-order chi connectivity index (χ1) is 12.7. The third kappa shape index (κ3) is 5.20. The molecule has 0 radical (unpaired) electrons. The molecule has 1 amide bonds. The molecule has 3 rings (SSSR count). The van der Waals surface area contributed by atoms with Crippen molar-refractivity contribution in [2.75, 3.05) is 11.9 Å². The van der Waals surface area contributed by atoms with Crippen LogP contribution in [0, 0.1) is 0 Å². The molecule has 0 bridgehead atoms. The average Bonchev–Trinajstić information content (AvgIpc) is 3.45. The van der Waals surface area contributed by atoms with Crippen LogP contribution >= 0.6 is 11.6 Å². The molecule has 8 heteroatoms. The number of nitrogens with one attached hydrogen (secondary N) is 1. The summed E-state index contributed by atoms with van der Waals surface area (Å²) in [5.74, 6) is 0.113. The molecule has 1 aliphatic carbocycles. The zero-order valence-electron chi connectivity index (χ0n) is 14.6. The molecule has 1 heterocycles. The van der Waals surface area contributed by atoms with E-state index in [9.17, 15) is 18.0 Å². The molecule has 27 heavy (non-hydrogen) atoms. The van der Waals surface area contributed by atoms with Crippen molar-refractivity contribution in [3.63, 3.8) is 0 Å². The molecule has 1 saturated carbocycles. The van der Waals surface area contributed by atoms with Gasteiger partial charge in [0, 0.05) is 18.3 Å². The summed E-state index contributed by atoms with van der Waals surface area (Å²) in [4.78, 5) is 18.3. The van der Waals surface area contributed by atoms with Crippen LogP contribution in [0.2, 0.25) is 5.02 Å². The van der Waals surface area contributed by atoms with Gasteiger partial charge in [-0.2, -0.15) is 13.2 Å². The highest BCUT2D eigenvalue weighted by molar-refractivity contribution is 6.30. The van der Waals surface area contributed by atoms with Gasteiger partial charge in [0.1, 0.15) is 5.82 Å². The predicted octanol–water partition coefficient (Wildman–Crippen LogP) is 4.92. The van der Waals surface area contributed by atoms with E-state index < -0.39 is 11.7 Å². The van der Waals surface area contributed by atoms with E-state index >= 15 is 0 Å². The molecule has 1 unspecified atom stereocenters. The van der Waals surface area contributed by atoms with Gasteiger partial charge in [-0.25, -0.2) is 4.98 Å². The predicted molar refractivity (Wildman–Crippen MR) is 97.5 cm³/mol. The third-order valence-corrected chi connectivity index (χ3v) is 4.75. The highest BCUT2D eigenvalue weighted by atomic mass is 35.5. The summed E-state index contributed by atoms with van der Waals surface area (Å²) < 4.78 is 39.0. The van der Waals surface area contributed by atoms with Crippen LogP contribution in [0.3, 0.4) is 0 Å². The molecular weight excluding hydrogens is 379 g/mol. The van der Waals surface area contributed by atoms with E-state index in [1.165, 1.54) is 12.3 Å². The van der Waals surface area contributed by atoms with Gasteiger partial charge in [-0.3, -0.25) is 9.69 Å². The van der Waals surface area contributed by atoms with Crippen molar-refractivity contribution in [3.8, 4) is 0 Å². The molecule has 1 aromatic heterocycles. The van der Waals surface area contributed by atoms with Gasteiger partial charge in [-0.15, -0.1) is 0 Å². The topological polar surface area (TPSA) is 45.2 Å². The van der Waals surface area contributed by atoms with Crippen LogP contribution in [0.5, 0.6) is 0 Å². The fraction of sp³-hybridized carbons (Fsp3) is 0.368. The number of hydrogen-bond acceptors (Lipinski definition) is 3. The Morgan fingerprint density at radius 1 is 1.33 bits per heavy atom. The number of carbonyl (C=O) groups is 1. The molecule has 1 atom stereocenters. The van der Waals surface area contributed by atoms with Crippen molar-refractivity contribution in [2.24, 2.45) is 0 Å². The first-order valence-corrected chi connectivity index (χ1v) is 8.96. The number of halogens is 4. The number of hydrogen-bond donors (Lipinski definition) is 1. The maximum atomic E-state index is 13.0. The lowest BCUT2D eigenvalue weighted by atomic mass is 10.0. The van der Waals surface area contributed by atoms with E-state index in [-0.39, 0.29) is 24.5 Å². The van der Waals surface area contributed by atoms with Crippen molar-refractivity contribution in [2.45, 2.75) is 38.0 Å². The fourth-order valence-electron chi connectivity index (χ4n) is 2.95. The van der Waals surface area contributed by atoms with Crippen molar-refractivity contribution >= 4 is 23.3 Å². The monoisotopic (exact) mass is 397 g/mol. The van der Waals surface area contributed by atoms with Gasteiger partial charge < -0.3 is 5.32 Å². The number of rotatable bonds is 6. The minimum absolute atomic E-state index is 0.0758. The summed E-state index contributed by atoms with van der Waals surface area (Å²) in [6.45, 7) is 1.90. The largest absolute Gasteiger partial charge is 0.416 e. The van der Waals surface area contributed by atoms with Gasteiger partial charge in [0.2, 0.25) is 5.91 Å². The Morgan fingerprint density at radius 3 is 2.67 bits per heavy atom. The zero-order chi connectivity index (χ0) is 19.6. The summed E-state index contributed by atoms with van der Waals surface area (Å²) in [6, 6.07) is 8.36. The van der Waals surface area contributed by atoms with Gasteiger partial charge in [-0.05, 0) is 49.6 Å². The van der Waals surface area contributed by atoms with Gasteiger partial charge in [0.15, 0.2) is 0 Å². The number of pyridine rings is 1. The molecule has 1 aliphatic rings. The maximum Gasteiger partial charge on any atom is 0.416 e. The number of carbonyl (C=O) groups excluding carboxylic acids is 1. The minimum Gasteiger partial charge on any atom is -0.310 e. The van der Waals surface area contributed by atoms with Gasteiger partial charge in [0.05, 0.1) is 17.1 Å². The van der Waals surface area contributed by atoms with E-state index in [4.69, 9.17) is 11.6 Å². The number of aromatic nitrogens is 1. The molecular formula is C19H19ClF3N3O. The number of amides is 1. The second kappa shape index (κ2) is 7.86. The fourth-order valence-corrected chi connectivity index (χ4v) is 3.06. The Kier molecular flexibility index (Phi) is 5.72. The summed E-state index contributed by atoms with van der Waals surface area (Å²) >= 11 is 5.77. The Morgan fingerprint density at radius 2 is 2.07 bits per heavy atom. The van der Waals surface area contributed by atoms with Crippen LogP contribution in [-0.4, -0.2) is 28.4 Å². The Labute approximate surface area is 160 Å². The maximum absolute atomic E-state index is 13.0. The van der Waals surface area contributed by atoms with E-state index in [2.05, 4.69) is 10.3 Å². The van der Waals surface area contributed by atoms with Crippen molar-refractivity contribution in [1.29, 1.82) is 0 Å². The number of nitrogens with zero attached hydrogens (tertiary/aromatic N) is 2. The Balaban J connectivity index is 1.71. The smallest absolute Gasteiger partial charge is 0.310 e. The van der Waals surface area contributed by atoms with E-state index in [0.717, 1.165) is 25.0 Å². The SMILES string of the molecule is CC(c1cccc(C(F)(F)F)c1)N(CC(=O)Nc1ccc(Cl)cn1)C1CC1. The first-order valence-electron chi connectivity index (χ1n) is 8.58. The molecule has 1 N–H and O–H groups in total. The standard InChI is InChI=1S/C19H19ClF3N3O/c1-12(13-3-2-4-14(9-13)19(21,22)23)26(16-6-7-16)11-18(27)25-17-8-5-15(20)10-24-17/h2-5,8-10,12,16H,6-7,11H2,1H3,(H,24,25,27). The molecule has 144 valence electrons. The quantitative estimate of drug-likeness (QED) is 0.752. The Bertz CT molecular complexity index is 807. The number of anilines is 1. The Hall–Kier alpha value is -2.12. The van der Waals surface area contributed by atoms with Crippen LogP contribution in [-0.2, 0) is 11.0 Å². The van der Waals surface area contributed by atoms with E-state index in [1.807, 2.05) is 11.8 Å². The third-order valence-electron chi connectivity index (χ3n) is 4.53. The number of alkyl halides is 3. The summed E-state index contributed by atoms with van der Waals surface area (Å²) in [5.41, 5.74) is -0.147. The number of benzene rings is 1. The normalized spacial score (nSPS) is 15.6. The van der Waals surface area contributed by atoms with Crippen molar-refractivity contribution in [3.05, 3.63) is 58.7 Å². The van der Waals surface area contributed by atoms with Crippen LogP contribution < -0.4 is 5.32 Å². The first kappa shape index (κ1) is 19.6. The van der Waals surface area contributed by atoms with Gasteiger partial charge >= 0.3 is 6.18 Å². The van der Waals surface area contributed by atoms with Crippen LogP contribution in [0.1, 0.15) is 36.9 Å². The van der Waals surface area contributed by atoms with E-state index in [0.29, 0.717) is 16.4 Å². The van der Waals surface area contributed by atoms with Crippen LogP contribution in [0.4, 0.5) is 19.0 Å². The molecule has 4 nitrogen and oxygen atoms in total. The molecule has 2 aromatic rings. The van der Waals surface area contributed by atoms with Gasteiger partial charge in [-0.1, -0.05) is 23.7 Å². The van der Waals surface area contributed by atoms with Crippen molar-refractivity contribution < 1.29 is 18.0 Å². The lowest BCUT2D eigenvalue weighted by Crippen LogP contribution is -2.37. The second-order valence-corrected chi connectivity index (χ2v) is 7.05. The summed E-state index contributed by atoms with van der Waals surface area (Å²) in [5, 5.41) is 3.16. The van der Waals surface area contributed by atoms with Crippen LogP contribution in [0.15, 0.2) is 42.6 Å².